The first-order valence-corrected chi connectivity index (χ1v) is 10.8. The number of rotatable bonds is 5. The van der Waals surface area contributed by atoms with Gasteiger partial charge in [-0.1, -0.05) is 19.1 Å². The minimum atomic E-state index is -5.81. The summed E-state index contributed by atoms with van der Waals surface area (Å²) in [5, 5.41) is 0. The molecule has 1 aromatic heterocycles. The number of nitrogens with one attached hydrogen (secondary N) is 1. The lowest BCUT2D eigenvalue weighted by atomic mass is 10.2. The van der Waals surface area contributed by atoms with Gasteiger partial charge in [0.05, 0.1) is 21.7 Å². The Kier molecular flexibility index (Phi) is 4.88. The van der Waals surface area contributed by atoms with Crippen molar-refractivity contribution in [2.45, 2.75) is 17.3 Å². The van der Waals surface area contributed by atoms with E-state index in [4.69, 9.17) is 0 Å². The SMILES string of the molecule is CCS(=O)(=O)c1ccccc1-c1nc2ccc(OS(=O)(=O)C(F)(F)F)cc2[nH]1. The molecule has 0 spiro atoms. The molecule has 28 heavy (non-hydrogen) atoms. The summed E-state index contributed by atoms with van der Waals surface area (Å²) in [5.41, 5.74) is -4.82. The fourth-order valence-corrected chi connectivity index (χ4v) is 3.98. The molecule has 0 aliphatic heterocycles. The molecule has 0 amide bonds. The molecule has 3 aromatic rings. The number of aromatic amines is 1. The van der Waals surface area contributed by atoms with Crippen LogP contribution in [0.1, 0.15) is 6.92 Å². The van der Waals surface area contributed by atoms with E-state index >= 15 is 0 Å². The number of imidazole rings is 1. The number of hydrogen-bond donors (Lipinski definition) is 1. The summed E-state index contributed by atoms with van der Waals surface area (Å²) in [6.07, 6.45) is 0. The van der Waals surface area contributed by atoms with Gasteiger partial charge in [0, 0.05) is 11.6 Å². The number of H-pyrrole nitrogens is 1. The number of alkyl halides is 3. The minimum Gasteiger partial charge on any atom is -0.376 e. The molecule has 7 nitrogen and oxygen atoms in total. The van der Waals surface area contributed by atoms with Gasteiger partial charge in [0.15, 0.2) is 9.84 Å². The van der Waals surface area contributed by atoms with Crippen molar-refractivity contribution in [2.24, 2.45) is 0 Å². The lowest BCUT2D eigenvalue weighted by molar-refractivity contribution is -0.0500. The van der Waals surface area contributed by atoms with Crippen LogP contribution in [0.2, 0.25) is 0 Å². The lowest BCUT2D eigenvalue weighted by Gasteiger charge is -2.08. The van der Waals surface area contributed by atoms with E-state index in [1.165, 1.54) is 25.1 Å². The number of nitrogens with zero attached hydrogens (tertiary/aromatic N) is 1. The number of halogens is 3. The van der Waals surface area contributed by atoms with Gasteiger partial charge in [-0.3, -0.25) is 0 Å². The molecule has 0 saturated heterocycles. The highest BCUT2D eigenvalue weighted by molar-refractivity contribution is 7.91. The maximum absolute atomic E-state index is 12.5. The molecule has 0 unspecified atom stereocenters. The molecule has 0 bridgehead atoms. The molecular weight excluding hydrogens is 421 g/mol. The van der Waals surface area contributed by atoms with Crippen LogP contribution < -0.4 is 4.18 Å². The molecule has 1 heterocycles. The quantitative estimate of drug-likeness (QED) is 0.488. The Labute approximate surface area is 158 Å². The van der Waals surface area contributed by atoms with Gasteiger partial charge in [-0.25, -0.2) is 13.4 Å². The van der Waals surface area contributed by atoms with Crippen molar-refractivity contribution in [1.29, 1.82) is 0 Å². The van der Waals surface area contributed by atoms with Gasteiger partial charge in [0.1, 0.15) is 11.6 Å². The Balaban J connectivity index is 2.06. The van der Waals surface area contributed by atoms with Crippen LogP contribution in [0.15, 0.2) is 47.4 Å². The van der Waals surface area contributed by atoms with Crippen LogP contribution in [0.3, 0.4) is 0 Å². The van der Waals surface area contributed by atoms with Crippen LogP contribution in [0.5, 0.6) is 5.75 Å². The summed E-state index contributed by atoms with van der Waals surface area (Å²) >= 11 is 0. The van der Waals surface area contributed by atoms with E-state index < -0.39 is 31.2 Å². The van der Waals surface area contributed by atoms with Crippen molar-refractivity contribution in [3.63, 3.8) is 0 Å². The zero-order valence-corrected chi connectivity index (χ0v) is 15.8. The minimum absolute atomic E-state index is 0.0488. The van der Waals surface area contributed by atoms with E-state index in [-0.39, 0.29) is 33.1 Å². The molecule has 3 rings (SSSR count). The third-order valence-electron chi connectivity index (χ3n) is 3.80. The van der Waals surface area contributed by atoms with Crippen molar-refractivity contribution in [3.8, 4) is 17.1 Å². The van der Waals surface area contributed by atoms with Crippen LogP contribution in [0, 0.1) is 0 Å². The molecule has 0 radical (unpaired) electrons. The highest BCUT2D eigenvalue weighted by Crippen LogP contribution is 2.31. The normalized spacial score (nSPS) is 13.0. The zero-order valence-electron chi connectivity index (χ0n) is 14.2. The van der Waals surface area contributed by atoms with Crippen molar-refractivity contribution in [3.05, 3.63) is 42.5 Å². The van der Waals surface area contributed by atoms with Gasteiger partial charge >= 0.3 is 15.6 Å². The Morgan fingerprint density at radius 2 is 1.75 bits per heavy atom. The summed E-state index contributed by atoms with van der Waals surface area (Å²) in [5.74, 6) is -0.523. The average molecular weight is 434 g/mol. The van der Waals surface area contributed by atoms with E-state index in [0.29, 0.717) is 0 Å². The first-order chi connectivity index (χ1) is 12.9. The monoisotopic (exact) mass is 434 g/mol. The average Bonchev–Trinajstić information content (AvgIpc) is 3.03. The Morgan fingerprint density at radius 1 is 1.07 bits per heavy atom. The Hall–Kier alpha value is -2.60. The smallest absolute Gasteiger partial charge is 0.376 e. The largest absolute Gasteiger partial charge is 0.534 e. The third kappa shape index (κ3) is 3.69. The zero-order chi connectivity index (χ0) is 20.7. The van der Waals surface area contributed by atoms with E-state index in [1.807, 2.05) is 0 Å². The number of fused-ring (bicyclic) bond motifs is 1. The van der Waals surface area contributed by atoms with Crippen molar-refractivity contribution in [2.75, 3.05) is 5.75 Å². The van der Waals surface area contributed by atoms with Gasteiger partial charge in [0.2, 0.25) is 0 Å². The van der Waals surface area contributed by atoms with Gasteiger partial charge in [-0.05, 0) is 24.3 Å². The van der Waals surface area contributed by atoms with Crippen LogP contribution in [0.4, 0.5) is 13.2 Å². The van der Waals surface area contributed by atoms with Gasteiger partial charge < -0.3 is 9.17 Å². The number of aromatic nitrogens is 2. The van der Waals surface area contributed by atoms with E-state index in [9.17, 15) is 30.0 Å². The molecule has 12 heteroatoms. The molecule has 150 valence electrons. The highest BCUT2D eigenvalue weighted by atomic mass is 32.2. The molecular formula is C16H13F3N2O5S2. The van der Waals surface area contributed by atoms with Crippen LogP contribution >= 0.6 is 0 Å². The second kappa shape index (κ2) is 6.78. The molecule has 0 atom stereocenters. The maximum Gasteiger partial charge on any atom is 0.534 e. The Morgan fingerprint density at radius 3 is 2.39 bits per heavy atom. The van der Waals surface area contributed by atoms with E-state index in [0.717, 1.165) is 12.1 Å². The molecule has 1 N–H and O–H groups in total. The topological polar surface area (TPSA) is 106 Å². The standard InChI is InChI=1S/C16H13F3N2O5S2/c1-2-27(22,23)14-6-4-3-5-11(14)15-20-12-8-7-10(9-13(12)21-15)26-28(24,25)16(17,18)19/h3-9H,2H2,1H3,(H,20,21). The van der Waals surface area contributed by atoms with E-state index in [2.05, 4.69) is 14.2 Å². The van der Waals surface area contributed by atoms with Crippen LogP contribution in [0.25, 0.3) is 22.4 Å². The lowest BCUT2D eigenvalue weighted by Crippen LogP contribution is -2.28. The molecule has 0 saturated carbocycles. The molecule has 0 aliphatic carbocycles. The second-order valence-corrected chi connectivity index (χ2v) is 9.43. The van der Waals surface area contributed by atoms with Gasteiger partial charge in [-0.15, -0.1) is 0 Å². The summed E-state index contributed by atoms with van der Waals surface area (Å²) in [7, 11) is -9.36. The second-order valence-electron chi connectivity index (χ2n) is 5.65. The van der Waals surface area contributed by atoms with Crippen molar-refractivity contribution < 1.29 is 34.2 Å². The van der Waals surface area contributed by atoms with Crippen molar-refractivity contribution in [1.82, 2.24) is 9.97 Å². The molecule has 2 aromatic carbocycles. The van der Waals surface area contributed by atoms with Gasteiger partial charge in [-0.2, -0.15) is 21.6 Å². The Bertz CT molecular complexity index is 1250. The highest BCUT2D eigenvalue weighted by Gasteiger charge is 2.48. The maximum atomic E-state index is 12.5. The van der Waals surface area contributed by atoms with Crippen LogP contribution in [-0.2, 0) is 20.0 Å². The predicted molar refractivity (Wildman–Crippen MR) is 94.9 cm³/mol. The number of benzene rings is 2. The van der Waals surface area contributed by atoms with Crippen LogP contribution in [-0.4, -0.2) is 38.1 Å². The number of sulfone groups is 1. The van der Waals surface area contributed by atoms with Gasteiger partial charge in [0.25, 0.3) is 0 Å². The predicted octanol–water partition coefficient (Wildman–Crippen LogP) is 3.25. The summed E-state index contributed by atoms with van der Waals surface area (Å²) in [6, 6.07) is 9.44. The summed E-state index contributed by atoms with van der Waals surface area (Å²) in [4.78, 5) is 7.06. The van der Waals surface area contributed by atoms with Crippen molar-refractivity contribution >= 4 is 31.0 Å². The first kappa shape index (κ1) is 20.1. The fourth-order valence-electron chi connectivity index (χ4n) is 2.43. The first-order valence-electron chi connectivity index (χ1n) is 7.77. The third-order valence-corrected chi connectivity index (χ3v) is 6.57. The molecule has 0 fully saturated rings. The fraction of sp³-hybridized carbons (Fsp3) is 0.188. The number of hydrogen-bond acceptors (Lipinski definition) is 6. The summed E-state index contributed by atoms with van der Waals surface area (Å²) in [6.45, 7) is 1.50. The van der Waals surface area contributed by atoms with E-state index in [1.54, 1.807) is 12.1 Å². The summed E-state index contributed by atoms with van der Waals surface area (Å²) < 4.78 is 88.3. The molecule has 0 aliphatic rings.